The molecule has 3 rings (SSSR count). The first kappa shape index (κ1) is 18.5. The Bertz CT molecular complexity index is 724. The molecule has 0 unspecified atom stereocenters. The fourth-order valence-corrected chi connectivity index (χ4v) is 3.42. The summed E-state index contributed by atoms with van der Waals surface area (Å²) in [5, 5.41) is 2.97. The van der Waals surface area contributed by atoms with Crippen LogP contribution in [0, 0.1) is 0 Å². The molecule has 4 nitrogen and oxygen atoms in total. The molecule has 2 aromatic rings. The van der Waals surface area contributed by atoms with Crippen LogP contribution in [0.2, 0.25) is 0 Å². The third kappa shape index (κ3) is 5.60. The van der Waals surface area contributed by atoms with Gasteiger partial charge in [-0.1, -0.05) is 49.6 Å². The van der Waals surface area contributed by atoms with Crippen molar-refractivity contribution < 1.29 is 9.53 Å². The Morgan fingerprint density at radius 1 is 1.08 bits per heavy atom. The third-order valence-electron chi connectivity index (χ3n) is 4.93. The van der Waals surface area contributed by atoms with Crippen molar-refractivity contribution in [3.8, 4) is 0 Å². The number of rotatable bonds is 7. The van der Waals surface area contributed by atoms with Crippen molar-refractivity contribution in [1.29, 1.82) is 0 Å². The van der Waals surface area contributed by atoms with E-state index < -0.39 is 0 Å². The lowest BCUT2D eigenvalue weighted by atomic mass is 9.98. The number of hydrogen-bond donors (Lipinski definition) is 2. The van der Waals surface area contributed by atoms with Gasteiger partial charge in [-0.25, -0.2) is 0 Å². The normalized spacial score (nSPS) is 14.9. The zero-order chi connectivity index (χ0) is 18.2. The van der Waals surface area contributed by atoms with Crippen LogP contribution in [0.5, 0.6) is 0 Å². The number of benzene rings is 2. The summed E-state index contributed by atoms with van der Waals surface area (Å²) in [4.78, 5) is 12.2. The van der Waals surface area contributed by atoms with E-state index in [2.05, 4.69) is 5.32 Å². The van der Waals surface area contributed by atoms with Crippen LogP contribution in [0.15, 0.2) is 48.5 Å². The van der Waals surface area contributed by atoms with E-state index in [9.17, 15) is 4.79 Å². The van der Waals surface area contributed by atoms with Gasteiger partial charge < -0.3 is 15.8 Å². The van der Waals surface area contributed by atoms with Gasteiger partial charge in [-0.15, -0.1) is 0 Å². The van der Waals surface area contributed by atoms with E-state index in [1.165, 1.54) is 32.1 Å². The highest BCUT2D eigenvalue weighted by Gasteiger charge is 2.13. The minimum Gasteiger partial charge on any atom is -0.399 e. The molecule has 0 saturated heterocycles. The summed E-state index contributed by atoms with van der Waals surface area (Å²) >= 11 is 0. The van der Waals surface area contributed by atoms with Gasteiger partial charge in [0.05, 0.1) is 12.7 Å². The number of amides is 1. The summed E-state index contributed by atoms with van der Waals surface area (Å²) in [6.07, 6.45) is 7.64. The van der Waals surface area contributed by atoms with Gasteiger partial charge in [0.15, 0.2) is 0 Å². The molecular formula is C22H28N2O2. The second-order valence-corrected chi connectivity index (χ2v) is 7.02. The summed E-state index contributed by atoms with van der Waals surface area (Å²) in [7, 11) is 0. The van der Waals surface area contributed by atoms with Gasteiger partial charge >= 0.3 is 0 Å². The van der Waals surface area contributed by atoms with Gasteiger partial charge in [-0.3, -0.25) is 4.79 Å². The lowest BCUT2D eigenvalue weighted by Crippen LogP contribution is -2.16. The quantitative estimate of drug-likeness (QED) is 0.711. The molecule has 2 aromatic carbocycles. The number of anilines is 2. The second-order valence-electron chi connectivity index (χ2n) is 7.02. The summed E-state index contributed by atoms with van der Waals surface area (Å²) in [6, 6.07) is 15.6. The Balaban J connectivity index is 1.48. The Hall–Kier alpha value is -2.33. The molecule has 26 heavy (non-hydrogen) atoms. The van der Waals surface area contributed by atoms with Crippen molar-refractivity contribution in [1.82, 2.24) is 0 Å². The smallest absolute Gasteiger partial charge is 0.224 e. The number of nitrogens with one attached hydrogen (secondary N) is 1. The van der Waals surface area contributed by atoms with Crippen LogP contribution in [-0.4, -0.2) is 12.0 Å². The predicted molar refractivity (Wildman–Crippen MR) is 106 cm³/mol. The zero-order valence-corrected chi connectivity index (χ0v) is 15.2. The van der Waals surface area contributed by atoms with Crippen LogP contribution in [0.25, 0.3) is 0 Å². The van der Waals surface area contributed by atoms with E-state index in [-0.39, 0.29) is 5.91 Å². The molecule has 138 valence electrons. The lowest BCUT2D eigenvalue weighted by molar-refractivity contribution is -0.116. The fourth-order valence-electron chi connectivity index (χ4n) is 3.42. The molecule has 1 fully saturated rings. The van der Waals surface area contributed by atoms with E-state index in [0.29, 0.717) is 25.6 Å². The number of carbonyl (C=O) groups excluding carboxylic acids is 1. The van der Waals surface area contributed by atoms with Crippen molar-refractivity contribution in [2.45, 2.75) is 57.7 Å². The summed E-state index contributed by atoms with van der Waals surface area (Å²) < 4.78 is 6.02. The Labute approximate surface area is 155 Å². The zero-order valence-electron chi connectivity index (χ0n) is 15.2. The fraction of sp³-hybridized carbons (Fsp3) is 0.409. The largest absolute Gasteiger partial charge is 0.399 e. The van der Waals surface area contributed by atoms with E-state index in [4.69, 9.17) is 10.5 Å². The van der Waals surface area contributed by atoms with Crippen molar-refractivity contribution in [2.75, 3.05) is 11.1 Å². The Morgan fingerprint density at radius 3 is 2.69 bits per heavy atom. The van der Waals surface area contributed by atoms with Crippen LogP contribution >= 0.6 is 0 Å². The number of para-hydroxylation sites is 1. The van der Waals surface area contributed by atoms with Crippen molar-refractivity contribution in [3.63, 3.8) is 0 Å². The molecule has 1 saturated carbocycles. The molecule has 1 amide bonds. The molecule has 0 radical (unpaired) electrons. The topological polar surface area (TPSA) is 64.4 Å². The molecule has 0 heterocycles. The molecule has 1 aliphatic rings. The van der Waals surface area contributed by atoms with Crippen LogP contribution in [0.4, 0.5) is 11.4 Å². The first-order chi connectivity index (χ1) is 12.7. The van der Waals surface area contributed by atoms with E-state index in [1.54, 1.807) is 0 Å². The highest BCUT2D eigenvalue weighted by molar-refractivity contribution is 5.91. The van der Waals surface area contributed by atoms with Crippen molar-refractivity contribution >= 4 is 17.3 Å². The molecule has 0 bridgehead atoms. The minimum atomic E-state index is -0.00129. The highest BCUT2D eigenvalue weighted by atomic mass is 16.5. The van der Waals surface area contributed by atoms with Gasteiger partial charge in [0.1, 0.15) is 0 Å². The number of ether oxygens (including phenoxy) is 1. The van der Waals surface area contributed by atoms with Gasteiger partial charge in [0.25, 0.3) is 0 Å². The first-order valence-electron chi connectivity index (χ1n) is 9.54. The maximum absolute atomic E-state index is 12.2. The summed E-state index contributed by atoms with van der Waals surface area (Å²) in [5.74, 6) is -0.00129. The number of hydrogen-bond acceptors (Lipinski definition) is 3. The molecule has 0 aromatic heterocycles. The summed E-state index contributed by atoms with van der Waals surface area (Å²) in [6.45, 7) is 0.606. The van der Waals surface area contributed by atoms with E-state index in [0.717, 1.165) is 22.5 Å². The molecule has 0 spiro atoms. The van der Waals surface area contributed by atoms with Crippen LogP contribution in [0.3, 0.4) is 0 Å². The monoisotopic (exact) mass is 352 g/mol. The van der Waals surface area contributed by atoms with E-state index >= 15 is 0 Å². The van der Waals surface area contributed by atoms with Crippen LogP contribution in [0.1, 0.15) is 49.7 Å². The lowest BCUT2D eigenvalue weighted by Gasteiger charge is -2.22. The number of carbonyl (C=O) groups is 1. The van der Waals surface area contributed by atoms with Crippen molar-refractivity contribution in [3.05, 3.63) is 59.7 Å². The number of nitrogens with two attached hydrogens (primary N) is 1. The number of nitrogen functional groups attached to an aromatic ring is 1. The van der Waals surface area contributed by atoms with Crippen LogP contribution < -0.4 is 11.1 Å². The third-order valence-corrected chi connectivity index (χ3v) is 4.93. The average molecular weight is 352 g/mol. The van der Waals surface area contributed by atoms with Crippen LogP contribution in [-0.2, 0) is 22.6 Å². The highest BCUT2D eigenvalue weighted by Crippen LogP contribution is 2.22. The van der Waals surface area contributed by atoms with Gasteiger partial charge in [-0.2, -0.15) is 0 Å². The van der Waals surface area contributed by atoms with Gasteiger partial charge in [0, 0.05) is 17.8 Å². The molecule has 0 atom stereocenters. The average Bonchev–Trinajstić information content (AvgIpc) is 2.67. The number of aryl methyl sites for hydroxylation is 1. The maximum atomic E-state index is 12.2. The standard InChI is InChI=1S/C22H28N2O2/c23-21-12-5-4-8-18(21)13-14-22(25)24-19-9-6-7-17(15-19)16-26-20-10-2-1-3-11-20/h4-9,12,15,20H,1-3,10-11,13-14,16,23H2,(H,24,25). The Kier molecular flexibility index (Phi) is 6.67. The molecule has 3 N–H and O–H groups in total. The SMILES string of the molecule is Nc1ccccc1CCC(=O)Nc1cccc(COC2CCCCC2)c1. The van der Waals surface area contributed by atoms with E-state index in [1.807, 2.05) is 48.5 Å². The molecule has 1 aliphatic carbocycles. The second kappa shape index (κ2) is 9.39. The molecular weight excluding hydrogens is 324 g/mol. The minimum absolute atomic E-state index is 0.00129. The Morgan fingerprint density at radius 2 is 1.88 bits per heavy atom. The first-order valence-corrected chi connectivity index (χ1v) is 9.54. The summed E-state index contributed by atoms with van der Waals surface area (Å²) in [5.41, 5.74) is 9.60. The maximum Gasteiger partial charge on any atom is 0.224 e. The molecule has 0 aliphatic heterocycles. The van der Waals surface area contributed by atoms with Crippen molar-refractivity contribution in [2.24, 2.45) is 0 Å². The molecule has 4 heteroatoms. The van der Waals surface area contributed by atoms with Gasteiger partial charge in [0.2, 0.25) is 5.91 Å². The van der Waals surface area contributed by atoms with Gasteiger partial charge in [-0.05, 0) is 48.6 Å². The predicted octanol–water partition coefficient (Wildman–Crippen LogP) is 4.69.